The van der Waals surface area contributed by atoms with Crippen LogP contribution >= 0.6 is 11.8 Å². The lowest BCUT2D eigenvalue weighted by Gasteiger charge is -2.20. The van der Waals surface area contributed by atoms with E-state index in [1.54, 1.807) is 28.5 Å². The van der Waals surface area contributed by atoms with Gasteiger partial charge in [-0.1, -0.05) is 6.07 Å². The normalized spacial score (nSPS) is 19.4. The van der Waals surface area contributed by atoms with Gasteiger partial charge in [0.15, 0.2) is 0 Å². The molecule has 2 aromatic carbocycles. The molecule has 0 saturated carbocycles. The second-order valence-electron chi connectivity index (χ2n) is 9.77. The largest absolute Gasteiger partial charge is 0.513 e. The zero-order valence-electron chi connectivity index (χ0n) is 21.8. The molecule has 1 unspecified atom stereocenters. The van der Waals surface area contributed by atoms with Crippen molar-refractivity contribution in [3.63, 3.8) is 0 Å². The number of aromatic nitrogens is 1. The number of nitrogens with zero attached hydrogens (tertiary/aromatic N) is 2. The van der Waals surface area contributed by atoms with Gasteiger partial charge in [-0.15, -0.1) is 11.8 Å². The maximum absolute atomic E-state index is 12.6. The van der Waals surface area contributed by atoms with E-state index in [1.807, 2.05) is 24.3 Å². The minimum atomic E-state index is -0.785. The summed E-state index contributed by atoms with van der Waals surface area (Å²) in [6.45, 7) is 3.47. The van der Waals surface area contributed by atoms with Gasteiger partial charge in [0.25, 0.3) is 5.56 Å². The van der Waals surface area contributed by atoms with Crippen molar-refractivity contribution >= 4 is 52.2 Å². The van der Waals surface area contributed by atoms with Crippen LogP contribution in [0.2, 0.25) is 0 Å². The van der Waals surface area contributed by atoms with Gasteiger partial charge >= 0.3 is 12.2 Å². The lowest BCUT2D eigenvalue weighted by molar-refractivity contribution is -0.113. The van der Waals surface area contributed by atoms with Crippen molar-refractivity contribution in [3.8, 4) is 5.75 Å². The van der Waals surface area contributed by atoms with E-state index in [0.29, 0.717) is 54.3 Å². The Morgan fingerprint density at radius 2 is 2.02 bits per heavy atom. The van der Waals surface area contributed by atoms with Crippen LogP contribution < -0.4 is 25.8 Å². The zero-order valence-corrected chi connectivity index (χ0v) is 22.6. The predicted octanol–water partition coefficient (Wildman–Crippen LogP) is 4.03. The Morgan fingerprint density at radius 1 is 1.15 bits per heavy atom. The van der Waals surface area contributed by atoms with E-state index in [4.69, 9.17) is 14.2 Å². The Bertz CT molecular complexity index is 1570. The first-order valence-corrected chi connectivity index (χ1v) is 14.2. The van der Waals surface area contributed by atoms with E-state index < -0.39 is 12.2 Å². The highest BCUT2D eigenvalue weighted by Crippen LogP contribution is 2.37. The first-order chi connectivity index (χ1) is 19.4. The maximum Gasteiger partial charge on any atom is 0.513 e. The summed E-state index contributed by atoms with van der Waals surface area (Å²) >= 11 is 1.48. The molecule has 1 fully saturated rings. The van der Waals surface area contributed by atoms with Gasteiger partial charge in [0.2, 0.25) is 5.91 Å². The summed E-state index contributed by atoms with van der Waals surface area (Å²) in [6.07, 6.45) is 0.00692. The van der Waals surface area contributed by atoms with Gasteiger partial charge in [0, 0.05) is 28.6 Å². The van der Waals surface area contributed by atoms with Gasteiger partial charge in [0.1, 0.15) is 11.9 Å². The number of fused-ring (bicyclic) bond motifs is 1. The second kappa shape index (κ2) is 10.9. The molecule has 6 rings (SSSR count). The van der Waals surface area contributed by atoms with Crippen LogP contribution in [0.5, 0.6) is 5.75 Å². The second-order valence-corrected chi connectivity index (χ2v) is 10.8. The highest BCUT2D eigenvalue weighted by atomic mass is 32.2. The number of carbonyl (C=O) groups is 3. The molecule has 0 spiro atoms. The maximum atomic E-state index is 12.6. The van der Waals surface area contributed by atoms with Crippen molar-refractivity contribution in [2.45, 2.75) is 43.4 Å². The zero-order chi connectivity index (χ0) is 27.8. The number of cyclic esters (lactones) is 1. The molecule has 3 aromatic rings. The lowest BCUT2D eigenvalue weighted by Crippen LogP contribution is -2.27. The average Bonchev–Trinajstić information content (AvgIpc) is 3.50. The summed E-state index contributed by atoms with van der Waals surface area (Å²) in [5.41, 5.74) is 2.99. The molecule has 12 heteroatoms. The molecule has 40 heavy (non-hydrogen) atoms. The predicted molar refractivity (Wildman–Crippen MR) is 149 cm³/mol. The van der Waals surface area contributed by atoms with E-state index in [2.05, 4.69) is 10.6 Å². The molecule has 1 aromatic heterocycles. The number of rotatable bonds is 8. The number of anilines is 2. The van der Waals surface area contributed by atoms with E-state index in [1.165, 1.54) is 17.8 Å². The van der Waals surface area contributed by atoms with Gasteiger partial charge in [-0.05, 0) is 62.2 Å². The number of benzene rings is 2. The third kappa shape index (κ3) is 5.00. The summed E-state index contributed by atoms with van der Waals surface area (Å²) < 4.78 is 17.6. The fourth-order valence-electron chi connectivity index (χ4n) is 5.40. The van der Waals surface area contributed by atoms with Crippen LogP contribution in [-0.4, -0.2) is 54.3 Å². The Balaban J connectivity index is 1.06. The minimum Gasteiger partial charge on any atom is -0.444 e. The van der Waals surface area contributed by atoms with Gasteiger partial charge in [0.05, 0.1) is 36.2 Å². The lowest BCUT2D eigenvalue weighted by atomic mass is 10.1. The first kappa shape index (κ1) is 26.2. The first-order valence-electron chi connectivity index (χ1n) is 13.2. The molecule has 0 radical (unpaired) electrons. The average molecular weight is 565 g/mol. The van der Waals surface area contributed by atoms with E-state index in [-0.39, 0.29) is 30.2 Å². The van der Waals surface area contributed by atoms with Crippen LogP contribution in [-0.2, 0) is 20.8 Å². The fraction of sp³-hybridized carbons (Fsp3) is 0.357. The summed E-state index contributed by atoms with van der Waals surface area (Å²) in [7, 11) is 0. The van der Waals surface area contributed by atoms with Gasteiger partial charge < -0.3 is 29.4 Å². The van der Waals surface area contributed by atoms with Gasteiger partial charge in [-0.2, -0.15) is 0 Å². The standard InChI is InChI=1S/C28H28N4O7S/c1-2-37-28(36)39-22-8-6-18-21(14-32-25(34)10-7-19(22)26(18)32)29-11-3-4-17-13-31(27(35)38-17)16-5-9-23-20(12-16)30-24(33)15-40-23/h5-10,12,17,21,29H,2-4,11,13-15H2,1H3,(H,30,33)/t17-,21?/m0/s1. The van der Waals surface area contributed by atoms with Crippen LogP contribution in [0.15, 0.2) is 52.2 Å². The Hall–Kier alpha value is -4.03. The molecule has 0 bridgehead atoms. The van der Waals surface area contributed by atoms with Crippen molar-refractivity contribution in [2.24, 2.45) is 0 Å². The third-order valence-electron chi connectivity index (χ3n) is 7.21. The van der Waals surface area contributed by atoms with Crippen LogP contribution in [0.1, 0.15) is 31.4 Å². The van der Waals surface area contributed by atoms with Crippen LogP contribution in [0.3, 0.4) is 0 Å². The quantitative estimate of drug-likeness (QED) is 0.237. The molecule has 4 heterocycles. The summed E-state index contributed by atoms with van der Waals surface area (Å²) in [4.78, 5) is 51.4. The van der Waals surface area contributed by atoms with Crippen LogP contribution in [0, 0.1) is 0 Å². The molecule has 2 N–H and O–H groups in total. The van der Waals surface area contributed by atoms with E-state index in [0.717, 1.165) is 22.4 Å². The van der Waals surface area contributed by atoms with E-state index in [9.17, 15) is 19.2 Å². The van der Waals surface area contributed by atoms with Gasteiger partial charge in [-0.25, -0.2) is 9.59 Å². The SMILES string of the molecule is CCOC(=O)Oc1ccc2c3c1ccc(=O)n3CC2NCCC[C@H]1CN(c2ccc3c(c2)NC(=O)CS3)C(=O)O1. The van der Waals surface area contributed by atoms with Crippen molar-refractivity contribution in [2.75, 3.05) is 35.7 Å². The Kier molecular flexibility index (Phi) is 7.11. The van der Waals surface area contributed by atoms with Crippen molar-refractivity contribution in [1.29, 1.82) is 0 Å². The van der Waals surface area contributed by atoms with E-state index >= 15 is 0 Å². The number of hydrogen-bond acceptors (Lipinski definition) is 9. The molecule has 1 saturated heterocycles. The Labute approximate surface area is 233 Å². The molecule has 0 aliphatic carbocycles. The highest BCUT2D eigenvalue weighted by Gasteiger charge is 2.33. The topological polar surface area (TPSA) is 128 Å². The number of carbonyl (C=O) groups excluding carboxylic acids is 3. The van der Waals surface area contributed by atoms with Gasteiger partial charge in [-0.3, -0.25) is 14.5 Å². The molecular weight excluding hydrogens is 536 g/mol. The minimum absolute atomic E-state index is 0.0547. The molecule has 3 aliphatic heterocycles. The summed E-state index contributed by atoms with van der Waals surface area (Å²) in [6, 6.07) is 12.3. The van der Waals surface area contributed by atoms with Crippen LogP contribution in [0.4, 0.5) is 21.0 Å². The number of amides is 2. The summed E-state index contributed by atoms with van der Waals surface area (Å²) in [5.74, 6) is 0.679. The molecule has 208 valence electrons. The number of thioether (sulfide) groups is 1. The molecule has 3 aliphatic rings. The fourth-order valence-corrected chi connectivity index (χ4v) is 6.18. The smallest absolute Gasteiger partial charge is 0.444 e. The molecule has 11 nitrogen and oxygen atoms in total. The number of ether oxygens (including phenoxy) is 3. The molecular formula is C28H28N4O7S. The Morgan fingerprint density at radius 3 is 2.88 bits per heavy atom. The highest BCUT2D eigenvalue weighted by molar-refractivity contribution is 8.00. The van der Waals surface area contributed by atoms with Crippen molar-refractivity contribution in [3.05, 3.63) is 58.4 Å². The van der Waals surface area contributed by atoms with Crippen molar-refractivity contribution < 1.29 is 28.6 Å². The monoisotopic (exact) mass is 564 g/mol. The third-order valence-corrected chi connectivity index (χ3v) is 8.28. The number of nitrogens with one attached hydrogen (secondary N) is 2. The molecule has 2 amide bonds. The number of hydrogen-bond donors (Lipinski definition) is 2. The summed E-state index contributed by atoms with van der Waals surface area (Å²) in [5, 5.41) is 7.05. The number of pyridine rings is 1. The molecule has 2 atom stereocenters. The van der Waals surface area contributed by atoms with Crippen molar-refractivity contribution in [1.82, 2.24) is 9.88 Å². The van der Waals surface area contributed by atoms with Crippen LogP contribution in [0.25, 0.3) is 10.9 Å².